The maximum atomic E-state index is 11.8. The van der Waals surface area contributed by atoms with Gasteiger partial charge >= 0.3 is 0 Å². The van der Waals surface area contributed by atoms with E-state index >= 15 is 0 Å². The fraction of sp³-hybridized carbons (Fsp3) is 0.462. The fourth-order valence-electron chi connectivity index (χ4n) is 4.06. The first-order valence-electron chi connectivity index (χ1n) is 11.7. The summed E-state index contributed by atoms with van der Waals surface area (Å²) in [5, 5.41) is 9.40. The van der Waals surface area contributed by atoms with Crippen LogP contribution >= 0.6 is 24.0 Å². The van der Waals surface area contributed by atoms with Crippen molar-refractivity contribution in [3.63, 3.8) is 0 Å². The molecule has 0 aliphatic carbocycles. The predicted molar refractivity (Wildman–Crippen MR) is 147 cm³/mol. The lowest BCUT2D eigenvalue weighted by atomic mass is 10.1. The summed E-state index contributed by atoms with van der Waals surface area (Å²) in [7, 11) is 3.43. The summed E-state index contributed by atoms with van der Waals surface area (Å²) in [6, 6.07) is 16.6. The number of nitrogens with one attached hydrogen (secondary N) is 3. The number of nitrogens with zero attached hydrogens (tertiary/aromatic N) is 2. The number of aliphatic imine (C=N–C) groups is 1. The molecule has 1 fully saturated rings. The van der Waals surface area contributed by atoms with E-state index in [0.717, 1.165) is 37.6 Å². The highest BCUT2D eigenvalue weighted by Gasteiger charge is 2.09. The molecule has 0 radical (unpaired) electrons. The lowest BCUT2D eigenvalue weighted by Crippen LogP contribution is -2.37. The van der Waals surface area contributed by atoms with Gasteiger partial charge in [0.1, 0.15) is 0 Å². The summed E-state index contributed by atoms with van der Waals surface area (Å²) in [6.07, 6.45) is 6.22. The second-order valence-corrected chi connectivity index (χ2v) is 8.39. The zero-order valence-corrected chi connectivity index (χ0v) is 22.2. The number of guanidine groups is 1. The van der Waals surface area contributed by atoms with E-state index in [9.17, 15) is 4.79 Å². The largest absolute Gasteiger partial charge is 0.356 e. The van der Waals surface area contributed by atoms with Gasteiger partial charge in [0.15, 0.2) is 5.96 Å². The number of hydrogen-bond acceptors (Lipinski definition) is 3. The third-order valence-electron chi connectivity index (χ3n) is 5.93. The monoisotopic (exact) mass is 563 g/mol. The standard InChI is InChI=1S/C26H37N5O.HI/c1-27-25(32)24-9-7-8-21(18-24)14-15-29-26(28-2)30-19-22-10-12-23(13-11-22)20-31-16-5-3-4-6-17-31;/h7-13,18H,3-6,14-17,19-20H2,1-2H3,(H,27,32)(H2,28,29,30);1H. The van der Waals surface area contributed by atoms with Crippen molar-refractivity contribution in [1.29, 1.82) is 0 Å². The van der Waals surface area contributed by atoms with Crippen LogP contribution in [0.15, 0.2) is 53.5 Å². The molecule has 7 heteroatoms. The minimum absolute atomic E-state index is 0. The van der Waals surface area contributed by atoms with Crippen molar-refractivity contribution in [2.45, 2.75) is 45.2 Å². The number of likely N-dealkylation sites (tertiary alicyclic amines) is 1. The second-order valence-electron chi connectivity index (χ2n) is 8.39. The van der Waals surface area contributed by atoms with Crippen LogP contribution in [-0.4, -0.2) is 50.5 Å². The van der Waals surface area contributed by atoms with Crippen LogP contribution in [-0.2, 0) is 19.5 Å². The van der Waals surface area contributed by atoms with Crippen molar-refractivity contribution in [2.75, 3.05) is 33.7 Å². The lowest BCUT2D eigenvalue weighted by Gasteiger charge is -2.20. The Hall–Kier alpha value is -2.13. The molecule has 0 spiro atoms. The molecule has 6 nitrogen and oxygen atoms in total. The van der Waals surface area contributed by atoms with Gasteiger partial charge in [-0.2, -0.15) is 0 Å². The van der Waals surface area contributed by atoms with Gasteiger partial charge in [-0.05, 0) is 61.2 Å². The molecule has 0 unspecified atom stereocenters. The number of benzene rings is 2. The highest BCUT2D eigenvalue weighted by Crippen LogP contribution is 2.14. The van der Waals surface area contributed by atoms with Gasteiger partial charge in [-0.3, -0.25) is 14.7 Å². The minimum Gasteiger partial charge on any atom is -0.356 e. The molecule has 1 aliphatic heterocycles. The summed E-state index contributed by atoms with van der Waals surface area (Å²) in [6.45, 7) is 4.97. The minimum atomic E-state index is -0.0604. The van der Waals surface area contributed by atoms with Crippen molar-refractivity contribution in [1.82, 2.24) is 20.9 Å². The van der Waals surface area contributed by atoms with Gasteiger partial charge in [-0.1, -0.05) is 49.2 Å². The predicted octanol–water partition coefficient (Wildman–Crippen LogP) is 3.95. The Labute approximate surface area is 215 Å². The number of hydrogen-bond donors (Lipinski definition) is 3. The fourth-order valence-corrected chi connectivity index (χ4v) is 4.06. The van der Waals surface area contributed by atoms with Gasteiger partial charge in [0.2, 0.25) is 0 Å². The Morgan fingerprint density at radius 1 is 0.939 bits per heavy atom. The highest BCUT2D eigenvalue weighted by atomic mass is 127. The SMILES string of the molecule is CN=C(NCCc1cccc(C(=O)NC)c1)NCc1ccc(CN2CCCCCC2)cc1.I. The summed E-state index contributed by atoms with van der Waals surface area (Å²) in [4.78, 5) is 18.7. The lowest BCUT2D eigenvalue weighted by molar-refractivity contribution is 0.0963. The van der Waals surface area contributed by atoms with Crippen LogP contribution in [0.5, 0.6) is 0 Å². The third kappa shape index (κ3) is 9.33. The van der Waals surface area contributed by atoms with Gasteiger partial charge < -0.3 is 16.0 Å². The molecule has 33 heavy (non-hydrogen) atoms. The van der Waals surface area contributed by atoms with Crippen LogP contribution in [0, 0.1) is 0 Å². The topological polar surface area (TPSA) is 68.8 Å². The molecule has 1 saturated heterocycles. The molecule has 2 aromatic rings. The molecule has 0 aromatic heterocycles. The Balaban J connectivity index is 0.00000385. The highest BCUT2D eigenvalue weighted by molar-refractivity contribution is 14.0. The smallest absolute Gasteiger partial charge is 0.251 e. The van der Waals surface area contributed by atoms with E-state index in [4.69, 9.17) is 0 Å². The van der Waals surface area contributed by atoms with Gasteiger partial charge in [0.25, 0.3) is 5.91 Å². The Morgan fingerprint density at radius 3 is 2.30 bits per heavy atom. The molecule has 180 valence electrons. The maximum absolute atomic E-state index is 11.8. The summed E-state index contributed by atoms with van der Waals surface area (Å²) in [5.41, 5.74) is 4.43. The van der Waals surface area contributed by atoms with E-state index in [2.05, 4.69) is 50.1 Å². The van der Waals surface area contributed by atoms with Crippen molar-refractivity contribution < 1.29 is 4.79 Å². The molecular formula is C26H38IN5O. The van der Waals surface area contributed by atoms with Crippen LogP contribution < -0.4 is 16.0 Å². The van der Waals surface area contributed by atoms with Crippen LogP contribution in [0.25, 0.3) is 0 Å². The summed E-state index contributed by atoms with van der Waals surface area (Å²) < 4.78 is 0. The normalized spacial score (nSPS) is 14.7. The second kappa shape index (κ2) is 14.9. The summed E-state index contributed by atoms with van der Waals surface area (Å²) in [5.74, 6) is 0.718. The maximum Gasteiger partial charge on any atom is 0.251 e. The Kier molecular flexibility index (Phi) is 12.2. The van der Waals surface area contributed by atoms with Gasteiger partial charge in [-0.25, -0.2) is 0 Å². The van der Waals surface area contributed by atoms with Crippen molar-refractivity contribution in [3.05, 3.63) is 70.8 Å². The van der Waals surface area contributed by atoms with E-state index < -0.39 is 0 Å². The van der Waals surface area contributed by atoms with Gasteiger partial charge in [0, 0.05) is 39.3 Å². The molecular weight excluding hydrogens is 525 g/mol. The number of carbonyl (C=O) groups excluding carboxylic acids is 1. The van der Waals surface area contributed by atoms with Crippen molar-refractivity contribution >= 4 is 35.8 Å². The zero-order chi connectivity index (χ0) is 22.6. The quantitative estimate of drug-likeness (QED) is 0.259. The average Bonchev–Trinajstić information content (AvgIpc) is 3.10. The molecule has 0 atom stereocenters. The number of amides is 1. The summed E-state index contributed by atoms with van der Waals surface area (Å²) >= 11 is 0. The molecule has 3 rings (SSSR count). The molecule has 2 aromatic carbocycles. The number of rotatable bonds is 8. The van der Waals surface area contributed by atoms with E-state index in [0.29, 0.717) is 5.56 Å². The Bertz CT molecular complexity index is 877. The van der Waals surface area contributed by atoms with Crippen molar-refractivity contribution in [2.24, 2.45) is 4.99 Å². The first kappa shape index (κ1) is 27.1. The first-order valence-corrected chi connectivity index (χ1v) is 11.7. The average molecular weight is 564 g/mol. The van der Waals surface area contributed by atoms with Crippen LogP contribution in [0.4, 0.5) is 0 Å². The third-order valence-corrected chi connectivity index (χ3v) is 5.93. The molecule has 0 saturated carbocycles. The van der Waals surface area contributed by atoms with E-state index in [-0.39, 0.29) is 29.9 Å². The van der Waals surface area contributed by atoms with Crippen LogP contribution in [0.1, 0.15) is 52.7 Å². The number of halogens is 1. The van der Waals surface area contributed by atoms with E-state index in [1.165, 1.54) is 49.9 Å². The molecule has 1 aliphatic rings. The first-order chi connectivity index (χ1) is 15.7. The number of carbonyl (C=O) groups is 1. The molecule has 0 bridgehead atoms. The van der Waals surface area contributed by atoms with E-state index in [1.54, 1.807) is 14.1 Å². The zero-order valence-electron chi connectivity index (χ0n) is 19.9. The van der Waals surface area contributed by atoms with E-state index in [1.807, 2.05) is 24.3 Å². The van der Waals surface area contributed by atoms with Crippen LogP contribution in [0.3, 0.4) is 0 Å². The van der Waals surface area contributed by atoms with Gasteiger partial charge in [-0.15, -0.1) is 24.0 Å². The molecule has 1 amide bonds. The molecule has 3 N–H and O–H groups in total. The van der Waals surface area contributed by atoms with Crippen molar-refractivity contribution in [3.8, 4) is 0 Å². The van der Waals surface area contributed by atoms with Gasteiger partial charge in [0.05, 0.1) is 0 Å². The molecule has 1 heterocycles. The Morgan fingerprint density at radius 2 is 1.64 bits per heavy atom. The van der Waals surface area contributed by atoms with Crippen LogP contribution in [0.2, 0.25) is 0 Å².